The third-order valence-electron chi connectivity index (χ3n) is 2.95. The van der Waals surface area contributed by atoms with Gasteiger partial charge < -0.3 is 9.30 Å². The zero-order valence-corrected chi connectivity index (χ0v) is 12.4. The minimum atomic E-state index is -0.260. The molecular weight excluding hydrogens is 274 g/mol. The molecule has 0 unspecified atom stereocenters. The van der Waals surface area contributed by atoms with Crippen molar-refractivity contribution in [3.8, 4) is 0 Å². The normalized spacial score (nSPS) is 10.5. The standard InChI is InChI=1S/C14H17N3O2S/c1-17-12(9-8-11-6-4-3-5-7-11)15-16-14(17)20-10-13(18)19-2/h3-7H,8-10H2,1-2H3. The maximum Gasteiger partial charge on any atom is 0.316 e. The van der Waals surface area contributed by atoms with E-state index in [1.807, 2.05) is 29.8 Å². The topological polar surface area (TPSA) is 57.0 Å². The molecule has 1 aromatic carbocycles. The number of esters is 1. The summed E-state index contributed by atoms with van der Waals surface area (Å²) in [5, 5.41) is 9.01. The molecule has 106 valence electrons. The largest absolute Gasteiger partial charge is 0.468 e. The quantitative estimate of drug-likeness (QED) is 0.600. The number of hydrogen-bond acceptors (Lipinski definition) is 5. The lowest BCUT2D eigenvalue weighted by Crippen LogP contribution is -2.05. The number of methoxy groups -OCH3 is 1. The second-order valence-electron chi connectivity index (χ2n) is 4.31. The maximum atomic E-state index is 11.1. The highest BCUT2D eigenvalue weighted by Gasteiger charge is 2.11. The molecule has 20 heavy (non-hydrogen) atoms. The molecule has 1 aromatic heterocycles. The van der Waals surface area contributed by atoms with Gasteiger partial charge >= 0.3 is 5.97 Å². The Balaban J connectivity index is 1.93. The fourth-order valence-electron chi connectivity index (χ4n) is 1.77. The number of rotatable bonds is 6. The van der Waals surface area contributed by atoms with Gasteiger partial charge in [0.15, 0.2) is 5.16 Å². The van der Waals surface area contributed by atoms with Gasteiger partial charge in [0.2, 0.25) is 0 Å². The zero-order chi connectivity index (χ0) is 14.4. The zero-order valence-electron chi connectivity index (χ0n) is 11.6. The Hall–Kier alpha value is -1.82. The monoisotopic (exact) mass is 291 g/mol. The number of benzene rings is 1. The second-order valence-corrected chi connectivity index (χ2v) is 5.25. The lowest BCUT2D eigenvalue weighted by Gasteiger charge is -2.03. The molecule has 5 nitrogen and oxygen atoms in total. The SMILES string of the molecule is COC(=O)CSc1nnc(CCc2ccccc2)n1C. The van der Waals surface area contributed by atoms with Crippen LogP contribution in [0.2, 0.25) is 0 Å². The highest BCUT2D eigenvalue weighted by atomic mass is 32.2. The van der Waals surface area contributed by atoms with Crippen molar-refractivity contribution in [2.75, 3.05) is 12.9 Å². The molecule has 0 spiro atoms. The van der Waals surface area contributed by atoms with E-state index in [0.29, 0.717) is 0 Å². The van der Waals surface area contributed by atoms with Crippen LogP contribution in [0.1, 0.15) is 11.4 Å². The highest BCUT2D eigenvalue weighted by Crippen LogP contribution is 2.16. The average Bonchev–Trinajstić information content (AvgIpc) is 2.84. The molecule has 0 N–H and O–H groups in total. The molecule has 0 aliphatic heterocycles. The van der Waals surface area contributed by atoms with Crippen LogP contribution in [0.5, 0.6) is 0 Å². The van der Waals surface area contributed by atoms with Gasteiger partial charge in [-0.25, -0.2) is 0 Å². The molecule has 0 fully saturated rings. The Labute approximate surface area is 122 Å². The minimum Gasteiger partial charge on any atom is -0.468 e. The third-order valence-corrected chi connectivity index (χ3v) is 3.95. The molecule has 0 saturated heterocycles. The van der Waals surface area contributed by atoms with Gasteiger partial charge in [0.05, 0.1) is 12.9 Å². The van der Waals surface area contributed by atoms with Crippen molar-refractivity contribution in [2.45, 2.75) is 18.0 Å². The average molecular weight is 291 g/mol. The number of carbonyl (C=O) groups is 1. The fourth-order valence-corrected chi connectivity index (χ4v) is 2.53. The van der Waals surface area contributed by atoms with Crippen LogP contribution in [0.15, 0.2) is 35.5 Å². The maximum absolute atomic E-state index is 11.1. The van der Waals surface area contributed by atoms with Gasteiger partial charge in [0.1, 0.15) is 5.82 Å². The van der Waals surface area contributed by atoms with Crippen LogP contribution in [0.25, 0.3) is 0 Å². The smallest absolute Gasteiger partial charge is 0.316 e. The molecule has 0 aliphatic carbocycles. The van der Waals surface area contributed by atoms with Crippen molar-refractivity contribution < 1.29 is 9.53 Å². The van der Waals surface area contributed by atoms with Crippen molar-refractivity contribution >= 4 is 17.7 Å². The van der Waals surface area contributed by atoms with E-state index >= 15 is 0 Å². The van der Waals surface area contributed by atoms with Crippen LogP contribution in [0.3, 0.4) is 0 Å². The molecule has 2 rings (SSSR count). The number of thioether (sulfide) groups is 1. The summed E-state index contributed by atoms with van der Waals surface area (Å²) in [6.45, 7) is 0. The van der Waals surface area contributed by atoms with E-state index in [2.05, 4.69) is 27.1 Å². The number of aromatic nitrogens is 3. The van der Waals surface area contributed by atoms with Gasteiger partial charge in [-0.3, -0.25) is 4.79 Å². The predicted octanol–water partition coefficient (Wildman–Crippen LogP) is 1.87. The number of carbonyl (C=O) groups excluding carboxylic acids is 1. The summed E-state index contributed by atoms with van der Waals surface area (Å²) < 4.78 is 6.53. The third kappa shape index (κ3) is 3.84. The number of aryl methyl sites for hydroxylation is 2. The fraction of sp³-hybridized carbons (Fsp3) is 0.357. The van der Waals surface area contributed by atoms with E-state index in [9.17, 15) is 4.79 Å². The molecule has 2 aromatic rings. The number of nitrogens with zero attached hydrogens (tertiary/aromatic N) is 3. The molecule has 0 saturated carbocycles. The first-order valence-corrected chi connectivity index (χ1v) is 7.31. The van der Waals surface area contributed by atoms with E-state index in [0.717, 1.165) is 23.8 Å². The van der Waals surface area contributed by atoms with Gasteiger partial charge in [0.25, 0.3) is 0 Å². The van der Waals surface area contributed by atoms with Crippen molar-refractivity contribution in [3.05, 3.63) is 41.7 Å². The summed E-state index contributed by atoms with van der Waals surface area (Å²) in [4.78, 5) is 11.1. The summed E-state index contributed by atoms with van der Waals surface area (Å²) in [7, 11) is 3.30. The predicted molar refractivity (Wildman–Crippen MR) is 77.6 cm³/mol. The van der Waals surface area contributed by atoms with Crippen molar-refractivity contribution in [3.63, 3.8) is 0 Å². The van der Waals surface area contributed by atoms with E-state index in [4.69, 9.17) is 0 Å². The summed E-state index contributed by atoms with van der Waals surface area (Å²) in [6, 6.07) is 10.3. The first-order chi connectivity index (χ1) is 9.70. The Bertz CT molecular complexity index is 569. The molecule has 0 atom stereocenters. The van der Waals surface area contributed by atoms with Crippen molar-refractivity contribution in [1.29, 1.82) is 0 Å². The van der Waals surface area contributed by atoms with Crippen LogP contribution < -0.4 is 0 Å². The highest BCUT2D eigenvalue weighted by molar-refractivity contribution is 7.99. The molecule has 1 heterocycles. The molecule has 0 bridgehead atoms. The van der Waals surface area contributed by atoms with E-state index in [-0.39, 0.29) is 11.7 Å². The van der Waals surface area contributed by atoms with Gasteiger partial charge in [0, 0.05) is 13.5 Å². The van der Waals surface area contributed by atoms with E-state index < -0.39 is 0 Å². The second kappa shape index (κ2) is 7.09. The summed E-state index contributed by atoms with van der Waals surface area (Å²) in [5.41, 5.74) is 1.28. The Morgan fingerprint density at radius 1 is 1.25 bits per heavy atom. The van der Waals surface area contributed by atoms with Gasteiger partial charge in [-0.1, -0.05) is 42.1 Å². The molecular formula is C14H17N3O2S. The van der Waals surface area contributed by atoms with Crippen LogP contribution >= 0.6 is 11.8 Å². The summed E-state index contributed by atoms with van der Waals surface area (Å²) in [6.07, 6.45) is 1.75. The van der Waals surface area contributed by atoms with Crippen LogP contribution in [0, 0.1) is 0 Å². The first kappa shape index (κ1) is 14.6. The van der Waals surface area contributed by atoms with Crippen molar-refractivity contribution in [2.24, 2.45) is 7.05 Å². The van der Waals surface area contributed by atoms with Crippen LogP contribution in [-0.2, 0) is 29.4 Å². The lowest BCUT2D eigenvalue weighted by molar-refractivity contribution is -0.137. The van der Waals surface area contributed by atoms with E-state index in [1.54, 1.807) is 0 Å². The number of ether oxygens (including phenoxy) is 1. The Morgan fingerprint density at radius 2 is 2.00 bits per heavy atom. The molecule has 0 radical (unpaired) electrons. The Morgan fingerprint density at radius 3 is 2.70 bits per heavy atom. The van der Waals surface area contributed by atoms with E-state index in [1.165, 1.54) is 24.4 Å². The minimum absolute atomic E-state index is 0.251. The first-order valence-electron chi connectivity index (χ1n) is 6.32. The van der Waals surface area contributed by atoms with Crippen LogP contribution in [-0.4, -0.2) is 33.6 Å². The molecule has 6 heteroatoms. The molecule has 0 amide bonds. The van der Waals surface area contributed by atoms with Gasteiger partial charge in [-0.2, -0.15) is 0 Å². The molecule has 0 aliphatic rings. The number of hydrogen-bond donors (Lipinski definition) is 0. The summed E-state index contributed by atoms with van der Waals surface area (Å²) >= 11 is 1.34. The van der Waals surface area contributed by atoms with Gasteiger partial charge in [-0.05, 0) is 12.0 Å². The van der Waals surface area contributed by atoms with Gasteiger partial charge in [-0.15, -0.1) is 10.2 Å². The van der Waals surface area contributed by atoms with Crippen molar-refractivity contribution in [1.82, 2.24) is 14.8 Å². The van der Waals surface area contributed by atoms with Crippen LogP contribution in [0.4, 0.5) is 0 Å². The lowest BCUT2D eigenvalue weighted by atomic mass is 10.1. The Kier molecular flexibility index (Phi) is 5.17. The summed E-state index contributed by atoms with van der Waals surface area (Å²) in [5.74, 6) is 0.909.